The number of carbonyl (C=O) groups is 2. The summed E-state index contributed by atoms with van der Waals surface area (Å²) >= 11 is 6.41. The molecule has 0 N–H and O–H groups in total. The van der Waals surface area contributed by atoms with Crippen LogP contribution in [0.15, 0.2) is 48.6 Å². The highest BCUT2D eigenvalue weighted by Gasteiger charge is 2.44. The Hall–Kier alpha value is -2.88. The number of ketones is 1. The summed E-state index contributed by atoms with van der Waals surface area (Å²) < 4.78 is 39.7. The lowest BCUT2D eigenvalue weighted by molar-refractivity contribution is -0.128. The van der Waals surface area contributed by atoms with Crippen LogP contribution < -0.4 is 9.64 Å². The number of sulfone groups is 1. The fraction of sp³-hybridized carbons (Fsp3) is 0.543. The number of nitrogens with zero attached hydrogens (tertiary/aromatic N) is 2. The maximum Gasteiger partial charge on any atom is 0.240 e. The van der Waals surface area contributed by atoms with Gasteiger partial charge in [-0.25, -0.2) is 8.42 Å². The topological polar surface area (TPSA) is 93.2 Å². The molecule has 2 aromatic carbocycles. The molecule has 10 heteroatoms. The number of ether oxygens (including phenoxy) is 2. The van der Waals surface area contributed by atoms with Crippen molar-refractivity contribution in [2.45, 2.75) is 61.7 Å². The molecule has 0 radical (unpaired) electrons. The molecule has 2 bridgehead atoms. The van der Waals surface area contributed by atoms with Crippen molar-refractivity contribution in [3.63, 3.8) is 0 Å². The van der Waals surface area contributed by atoms with Gasteiger partial charge in [0, 0.05) is 50.3 Å². The zero-order chi connectivity index (χ0) is 31.9. The van der Waals surface area contributed by atoms with Crippen molar-refractivity contribution in [2.75, 3.05) is 51.6 Å². The third-order valence-electron chi connectivity index (χ3n) is 10.4. The van der Waals surface area contributed by atoms with Gasteiger partial charge in [-0.15, -0.1) is 0 Å². The standard InChI is InChI=1S/C35H43ClN2O6S/c1-37(2)34(40)33-9-5-4-8-31(43-3)27-13-10-25(27)19-38-21-35(16-6-7-23-17-26(36)12-14-28(23)35)22-44-32-15-11-24(18-29(32)38)30(39)20-45(33,41)42/h4,8,11-12,14-15,17-18,25,27,31,33H,5-7,9-10,13,16,19-22H2,1-3H3/b8-4+/t25-,27+,31-,33-,35-/m0/s1. The minimum atomic E-state index is -4.08. The number of amides is 1. The molecule has 1 saturated carbocycles. The second-order valence-corrected chi connectivity index (χ2v) is 16.1. The zero-order valence-corrected chi connectivity index (χ0v) is 27.9. The molecule has 2 aliphatic carbocycles. The Morgan fingerprint density at radius 1 is 1.13 bits per heavy atom. The summed E-state index contributed by atoms with van der Waals surface area (Å²) in [4.78, 5) is 30.3. The Kier molecular flexibility index (Phi) is 9.07. The first kappa shape index (κ1) is 32.1. The van der Waals surface area contributed by atoms with Crippen LogP contribution in [0.4, 0.5) is 5.69 Å². The number of Topliss-reactive ketones (excluding diaryl/α,β-unsaturated/α-hetero) is 1. The van der Waals surface area contributed by atoms with Gasteiger partial charge >= 0.3 is 0 Å². The highest BCUT2D eigenvalue weighted by atomic mass is 35.5. The molecule has 4 aliphatic rings. The van der Waals surface area contributed by atoms with E-state index in [2.05, 4.69) is 17.0 Å². The number of methoxy groups -OCH3 is 1. The summed E-state index contributed by atoms with van der Waals surface area (Å²) in [5.74, 6) is -0.410. The number of hydrogen-bond donors (Lipinski definition) is 0. The van der Waals surface area contributed by atoms with Crippen molar-refractivity contribution in [1.82, 2.24) is 4.90 Å². The molecule has 8 nitrogen and oxygen atoms in total. The van der Waals surface area contributed by atoms with E-state index in [9.17, 15) is 18.0 Å². The molecular weight excluding hydrogens is 612 g/mol. The first-order chi connectivity index (χ1) is 21.5. The van der Waals surface area contributed by atoms with Crippen LogP contribution in [0.5, 0.6) is 5.75 Å². The summed E-state index contributed by atoms with van der Waals surface area (Å²) in [6.07, 6.45) is 9.41. The highest BCUT2D eigenvalue weighted by molar-refractivity contribution is 7.93. The van der Waals surface area contributed by atoms with Gasteiger partial charge in [-0.2, -0.15) is 0 Å². The Bertz CT molecular complexity index is 1610. The smallest absolute Gasteiger partial charge is 0.240 e. The van der Waals surface area contributed by atoms with E-state index in [-0.39, 0.29) is 17.9 Å². The number of aryl methyl sites for hydroxylation is 1. The molecule has 0 aromatic heterocycles. The molecule has 45 heavy (non-hydrogen) atoms. The monoisotopic (exact) mass is 654 g/mol. The van der Waals surface area contributed by atoms with E-state index < -0.39 is 32.5 Å². The van der Waals surface area contributed by atoms with Crippen molar-refractivity contribution < 1.29 is 27.5 Å². The SMILES string of the molecule is CO[C@H]1/C=C/CC[C@@H](C(=O)N(C)C)S(=O)(=O)CC(=O)c2ccc3c(c2)N(C[C@@H]2CC[C@H]21)C[C@@]1(CCCc2cc(Cl)ccc21)CO3. The molecule has 1 spiro atoms. The van der Waals surface area contributed by atoms with Gasteiger partial charge in [0.25, 0.3) is 0 Å². The third kappa shape index (κ3) is 6.28. The van der Waals surface area contributed by atoms with Gasteiger partial charge in [-0.3, -0.25) is 9.59 Å². The molecular formula is C35H43ClN2O6S. The van der Waals surface area contributed by atoms with Crippen molar-refractivity contribution in [2.24, 2.45) is 11.8 Å². The molecule has 2 aliphatic heterocycles. The average molecular weight is 655 g/mol. The van der Waals surface area contributed by atoms with E-state index >= 15 is 0 Å². The van der Waals surface area contributed by atoms with Crippen LogP contribution in [-0.4, -0.2) is 83.0 Å². The number of carbonyl (C=O) groups excluding carboxylic acids is 2. The summed E-state index contributed by atoms with van der Waals surface area (Å²) in [6, 6.07) is 11.4. The lowest BCUT2D eigenvalue weighted by Gasteiger charge is -2.46. The first-order valence-corrected chi connectivity index (χ1v) is 18.1. The van der Waals surface area contributed by atoms with Crippen molar-refractivity contribution in [3.8, 4) is 5.75 Å². The maximum absolute atomic E-state index is 13.6. The van der Waals surface area contributed by atoms with Gasteiger partial charge in [0.2, 0.25) is 5.91 Å². The Balaban J connectivity index is 1.43. The van der Waals surface area contributed by atoms with Gasteiger partial charge in [-0.1, -0.05) is 29.8 Å². The molecule has 2 aromatic rings. The van der Waals surface area contributed by atoms with Gasteiger partial charge < -0.3 is 19.3 Å². The Labute approximate surface area is 271 Å². The average Bonchev–Trinajstić information content (AvgIpc) is 3.14. The minimum absolute atomic E-state index is 0.105. The van der Waals surface area contributed by atoms with Crippen LogP contribution in [0.3, 0.4) is 0 Å². The van der Waals surface area contributed by atoms with Crippen LogP contribution in [0.25, 0.3) is 0 Å². The number of hydrogen-bond acceptors (Lipinski definition) is 7. The zero-order valence-electron chi connectivity index (χ0n) is 26.3. The van der Waals surface area contributed by atoms with Crippen LogP contribution in [0.2, 0.25) is 5.02 Å². The molecule has 1 fully saturated rings. The quantitative estimate of drug-likeness (QED) is 0.408. The van der Waals surface area contributed by atoms with E-state index in [0.29, 0.717) is 42.7 Å². The highest BCUT2D eigenvalue weighted by Crippen LogP contribution is 2.47. The summed E-state index contributed by atoms with van der Waals surface area (Å²) in [7, 11) is 0.719. The number of anilines is 1. The van der Waals surface area contributed by atoms with Gasteiger partial charge in [0.15, 0.2) is 15.6 Å². The summed E-state index contributed by atoms with van der Waals surface area (Å²) in [5.41, 5.74) is 3.37. The van der Waals surface area contributed by atoms with Gasteiger partial charge in [0.05, 0.1) is 18.4 Å². The molecule has 2 heterocycles. The molecule has 5 atom stereocenters. The second-order valence-electron chi connectivity index (χ2n) is 13.4. The fourth-order valence-electron chi connectivity index (χ4n) is 7.81. The van der Waals surface area contributed by atoms with E-state index in [0.717, 1.165) is 49.4 Å². The fourth-order valence-corrected chi connectivity index (χ4v) is 9.75. The molecule has 0 unspecified atom stereocenters. The van der Waals surface area contributed by atoms with Gasteiger partial charge in [-0.05, 0) is 98.2 Å². The molecule has 6 rings (SSSR count). The molecule has 0 saturated heterocycles. The summed E-state index contributed by atoms with van der Waals surface area (Å²) in [5, 5.41) is -0.566. The predicted octanol–water partition coefficient (Wildman–Crippen LogP) is 5.26. The van der Waals surface area contributed by atoms with Crippen LogP contribution >= 0.6 is 11.6 Å². The van der Waals surface area contributed by atoms with E-state index in [1.807, 2.05) is 18.2 Å². The number of halogens is 1. The molecule has 1 amide bonds. The largest absolute Gasteiger partial charge is 0.490 e. The number of fused-ring (bicyclic) bond motifs is 4. The Morgan fingerprint density at radius 2 is 1.96 bits per heavy atom. The van der Waals surface area contributed by atoms with Crippen LogP contribution in [-0.2, 0) is 31.2 Å². The third-order valence-corrected chi connectivity index (χ3v) is 12.6. The second kappa shape index (κ2) is 12.7. The van der Waals surface area contributed by atoms with E-state index in [1.165, 1.54) is 16.0 Å². The van der Waals surface area contributed by atoms with Gasteiger partial charge in [0.1, 0.15) is 16.8 Å². The summed E-state index contributed by atoms with van der Waals surface area (Å²) in [6.45, 7) is 1.98. The van der Waals surface area contributed by atoms with Crippen LogP contribution in [0, 0.1) is 11.8 Å². The number of rotatable bonds is 2. The lowest BCUT2D eigenvalue weighted by Crippen LogP contribution is -2.49. The maximum atomic E-state index is 13.6. The van der Waals surface area contributed by atoms with Crippen molar-refractivity contribution in [3.05, 3.63) is 70.3 Å². The predicted molar refractivity (Wildman–Crippen MR) is 176 cm³/mol. The van der Waals surface area contributed by atoms with Crippen LogP contribution in [0.1, 0.15) is 60.0 Å². The van der Waals surface area contributed by atoms with Crippen molar-refractivity contribution >= 4 is 38.8 Å². The van der Waals surface area contributed by atoms with E-state index in [4.69, 9.17) is 21.1 Å². The normalized spacial score (nSPS) is 30.2. The Morgan fingerprint density at radius 3 is 2.69 bits per heavy atom. The lowest BCUT2D eigenvalue weighted by atomic mass is 9.68. The molecule has 242 valence electrons. The number of allylic oxidation sites excluding steroid dienone is 1. The van der Waals surface area contributed by atoms with Crippen molar-refractivity contribution in [1.29, 1.82) is 0 Å². The first-order valence-electron chi connectivity index (χ1n) is 16.0. The number of benzene rings is 2. The minimum Gasteiger partial charge on any atom is -0.490 e. The van der Waals surface area contributed by atoms with E-state index in [1.54, 1.807) is 39.4 Å².